The first-order chi connectivity index (χ1) is 42.9. The summed E-state index contributed by atoms with van der Waals surface area (Å²) in [6.45, 7) is 1.99. The Morgan fingerprint density at radius 3 is 0.978 bits per heavy atom. The highest BCUT2D eigenvalue weighted by Gasteiger charge is 2.37. The minimum atomic E-state index is -3.22. The van der Waals surface area contributed by atoms with Gasteiger partial charge in [0.2, 0.25) is 17.7 Å². The number of amides is 6. The molecule has 6 amide bonds. The molecule has 6 aromatic rings. The summed E-state index contributed by atoms with van der Waals surface area (Å²) in [5.74, 6) is -2.94. The van der Waals surface area contributed by atoms with Crippen molar-refractivity contribution in [3.05, 3.63) is 108 Å². The second-order valence-corrected chi connectivity index (χ2v) is 28.6. The first-order valence-electron chi connectivity index (χ1n) is 30.9. The normalized spacial score (nSPS) is 20.1. The Hall–Kier alpha value is -8.53. The Morgan fingerprint density at radius 2 is 0.722 bits per heavy atom. The van der Waals surface area contributed by atoms with Crippen molar-refractivity contribution in [3.63, 3.8) is 0 Å². The molecule has 0 spiro atoms. The van der Waals surface area contributed by atoms with Gasteiger partial charge in [0.05, 0.1) is 47.5 Å². The lowest BCUT2D eigenvalue weighted by molar-refractivity contribution is -0.128. The molecule has 9 rings (SSSR count). The van der Waals surface area contributed by atoms with Crippen LogP contribution in [0.1, 0.15) is 141 Å². The summed E-state index contributed by atoms with van der Waals surface area (Å²) >= 11 is 0. The van der Waals surface area contributed by atoms with Crippen LogP contribution >= 0.6 is 0 Å². The van der Waals surface area contributed by atoms with Gasteiger partial charge in [0.15, 0.2) is 0 Å². The van der Waals surface area contributed by atoms with Crippen molar-refractivity contribution in [1.29, 1.82) is 15.8 Å². The van der Waals surface area contributed by atoms with E-state index in [2.05, 4.69) is 38.0 Å². The molecule has 3 heterocycles. The molecule has 3 aromatic carbocycles. The zero-order chi connectivity index (χ0) is 65.3. The molecule has 0 bridgehead atoms. The predicted molar refractivity (Wildman–Crippen MR) is 345 cm³/mol. The van der Waals surface area contributed by atoms with E-state index in [4.69, 9.17) is 0 Å². The molecule has 0 unspecified atom stereocenters. The maximum atomic E-state index is 13.0. The second kappa shape index (κ2) is 31.8. The van der Waals surface area contributed by atoms with Gasteiger partial charge in [-0.15, -0.1) is 0 Å². The molecule has 3 aromatic heterocycles. The third-order valence-corrected chi connectivity index (χ3v) is 19.3. The van der Waals surface area contributed by atoms with Crippen molar-refractivity contribution in [1.82, 2.24) is 45.6 Å². The number of nitrogens with one attached hydrogen (secondary N) is 6. The summed E-state index contributed by atoms with van der Waals surface area (Å²) in [5.41, 5.74) is 4.54. The lowest BCUT2D eigenvalue weighted by Crippen LogP contribution is -2.50. The molecule has 9 atom stereocenters. The smallest absolute Gasteiger partial charge is 0.268 e. The van der Waals surface area contributed by atoms with Crippen LogP contribution in [0.2, 0.25) is 0 Å². The third kappa shape index (κ3) is 18.5. The number of carbonyl (C=O) groups is 6. The van der Waals surface area contributed by atoms with E-state index in [-0.39, 0.29) is 83.8 Å². The van der Waals surface area contributed by atoms with Crippen LogP contribution in [0.5, 0.6) is 0 Å². The fourth-order valence-electron chi connectivity index (χ4n) is 12.4. The first kappa shape index (κ1) is 69.0. The Labute approximate surface area is 527 Å². The van der Waals surface area contributed by atoms with E-state index in [0.717, 1.165) is 103 Å². The number of fused-ring (bicyclic) bond motifs is 3. The van der Waals surface area contributed by atoms with Gasteiger partial charge in [-0.1, -0.05) is 106 Å². The lowest BCUT2D eigenvalue weighted by atomic mass is 9.83. The Kier molecular flexibility index (Phi) is 24.3. The molecule has 3 saturated carbocycles. The highest BCUT2D eigenvalue weighted by Crippen LogP contribution is 2.30. The van der Waals surface area contributed by atoms with E-state index in [1.165, 1.54) is 0 Å². The Balaban J connectivity index is 0.000000192. The van der Waals surface area contributed by atoms with Crippen molar-refractivity contribution in [2.24, 2.45) is 38.9 Å². The number of hydrogen-bond donors (Lipinski definition) is 6. The minimum Gasteiger partial charge on any atom is -0.347 e. The van der Waals surface area contributed by atoms with Crippen molar-refractivity contribution >= 4 is 87.8 Å². The SMILES string of the molecule is CCC[C@@H](C#N)NC(=O)[C@@H]1CCCC[C@@H]1NC(=O)c1cc2ccccc2n1C.Cn1c(C(=O)N[C@H]2CCCC[C@H]2C(=O)N[C@H](C#N)CCS(C)(=O)=O)cc2ccccc21.Cn1c(C(=O)N[C@H]2CCCC[C@H]2C(=O)N[C@H](C#N)CCS(C)(=O)=O)cc2ccccc21. The summed E-state index contributed by atoms with van der Waals surface area (Å²) < 4.78 is 51.0. The summed E-state index contributed by atoms with van der Waals surface area (Å²) in [7, 11) is -0.899. The molecule has 3 aliphatic rings. The van der Waals surface area contributed by atoms with Crippen molar-refractivity contribution in [2.75, 3.05) is 24.0 Å². The van der Waals surface area contributed by atoms with Crippen molar-refractivity contribution in [2.45, 2.75) is 146 Å². The number of benzene rings is 3. The van der Waals surface area contributed by atoms with Gasteiger partial charge in [-0.05, 0) is 94.2 Å². The molecular formula is C66H84N12O10S2. The number of aryl methyl sites for hydroxylation is 3. The number of hydrogen-bond acceptors (Lipinski definition) is 13. The van der Waals surface area contributed by atoms with E-state index in [0.29, 0.717) is 49.2 Å². The fourth-order valence-corrected chi connectivity index (χ4v) is 13.7. The molecule has 0 aliphatic heterocycles. The number of rotatable bonds is 20. The second-order valence-electron chi connectivity index (χ2n) is 24.1. The van der Waals surface area contributed by atoms with Crippen LogP contribution in [-0.2, 0) is 55.2 Å². The van der Waals surface area contributed by atoms with Gasteiger partial charge in [-0.25, -0.2) is 16.8 Å². The van der Waals surface area contributed by atoms with Gasteiger partial charge < -0.3 is 45.6 Å². The van der Waals surface area contributed by atoms with E-state index in [1.54, 1.807) is 0 Å². The van der Waals surface area contributed by atoms with Crippen LogP contribution in [0.3, 0.4) is 0 Å². The summed E-state index contributed by atoms with van der Waals surface area (Å²) in [4.78, 5) is 77.4. The van der Waals surface area contributed by atoms with E-state index >= 15 is 0 Å². The molecule has 480 valence electrons. The topological polar surface area (TPSA) is 329 Å². The highest BCUT2D eigenvalue weighted by molar-refractivity contribution is 7.90. The zero-order valence-corrected chi connectivity index (χ0v) is 53.8. The maximum Gasteiger partial charge on any atom is 0.268 e. The third-order valence-electron chi connectivity index (χ3n) is 17.4. The molecular weight excluding hydrogens is 1180 g/mol. The quantitative estimate of drug-likeness (QED) is 0.0445. The van der Waals surface area contributed by atoms with Crippen molar-refractivity contribution < 1.29 is 45.6 Å². The van der Waals surface area contributed by atoms with E-state index in [9.17, 15) is 61.4 Å². The summed E-state index contributed by atoms with van der Waals surface area (Å²) in [5, 5.41) is 48.1. The number of para-hydroxylation sites is 3. The summed E-state index contributed by atoms with van der Waals surface area (Å²) in [6.07, 6.45) is 13.3. The molecule has 0 saturated heterocycles. The van der Waals surface area contributed by atoms with Crippen LogP contribution < -0.4 is 31.9 Å². The Morgan fingerprint density at radius 1 is 0.456 bits per heavy atom. The number of nitrogens with zero attached hydrogens (tertiary/aromatic N) is 6. The van der Waals surface area contributed by atoms with Crippen LogP contribution in [0, 0.1) is 51.7 Å². The first-order valence-corrected chi connectivity index (χ1v) is 35.1. The molecule has 6 N–H and O–H groups in total. The fraction of sp³-hybridized carbons (Fsp3) is 0.500. The molecule has 0 radical (unpaired) electrons. The van der Waals surface area contributed by atoms with Crippen LogP contribution in [-0.4, -0.2) is 126 Å². The average Bonchev–Trinajstić information content (AvgIpc) is 3.16. The monoisotopic (exact) mass is 1270 g/mol. The molecule has 3 fully saturated rings. The van der Waals surface area contributed by atoms with E-state index < -0.39 is 49.6 Å². The van der Waals surface area contributed by atoms with Gasteiger partial charge >= 0.3 is 0 Å². The van der Waals surface area contributed by atoms with Gasteiger partial charge in [-0.2, -0.15) is 15.8 Å². The number of carbonyl (C=O) groups excluding carboxylic acids is 6. The minimum absolute atomic E-state index is 0.0424. The molecule has 3 aliphatic carbocycles. The molecule has 90 heavy (non-hydrogen) atoms. The van der Waals surface area contributed by atoms with Gasteiger partial charge in [0, 0.05) is 84.5 Å². The largest absolute Gasteiger partial charge is 0.347 e. The number of sulfone groups is 2. The summed E-state index contributed by atoms with van der Waals surface area (Å²) in [6, 6.07) is 31.9. The Bertz CT molecular complexity index is 3750. The number of aromatic nitrogens is 3. The maximum absolute atomic E-state index is 13.0. The molecule has 22 nitrogen and oxygen atoms in total. The van der Waals surface area contributed by atoms with Gasteiger partial charge in [-0.3, -0.25) is 28.8 Å². The highest BCUT2D eigenvalue weighted by atomic mass is 32.2. The molecule has 24 heteroatoms. The lowest BCUT2D eigenvalue weighted by Gasteiger charge is -2.31. The van der Waals surface area contributed by atoms with Crippen molar-refractivity contribution in [3.8, 4) is 18.2 Å². The van der Waals surface area contributed by atoms with Gasteiger partial charge in [0.1, 0.15) is 54.9 Å². The van der Waals surface area contributed by atoms with Crippen LogP contribution in [0.15, 0.2) is 91.0 Å². The predicted octanol–water partition coefficient (Wildman–Crippen LogP) is 7.10. The van der Waals surface area contributed by atoms with Gasteiger partial charge in [0.25, 0.3) is 17.7 Å². The number of nitriles is 3. The van der Waals surface area contributed by atoms with E-state index in [1.807, 2.05) is 145 Å². The average molecular weight is 1270 g/mol. The van der Waals surface area contributed by atoms with Crippen LogP contribution in [0.4, 0.5) is 0 Å². The van der Waals surface area contributed by atoms with Crippen LogP contribution in [0.25, 0.3) is 32.7 Å². The standard InChI is InChI=1S/2C22H28N4O4S.C22H28N4O2/c2*1-26-19-10-6-3-7-15(19)13-20(26)22(28)25-18-9-5-4-8-17(18)21(27)24-16(14-23)11-12-31(2,29)30;1-3-8-16(14-23)24-21(27)17-10-5-6-11-18(17)25-22(28)20-13-15-9-4-7-12-19(15)26(20)2/h2*3,6-7,10,13,16-18H,4-5,8-9,11-12H2,1-2H3,(H,24,27)(H,25,28);4,7,9,12-13,16-18H,3,5-6,8,10-11H2,1-2H3,(H,24,27)(H,25,28)/t3*16-,17+,18-/m000/s1. The zero-order valence-electron chi connectivity index (χ0n) is 52.2.